The van der Waals surface area contributed by atoms with Gasteiger partial charge in [-0.05, 0) is 12.8 Å². The molecule has 0 fully saturated rings. The van der Waals surface area contributed by atoms with E-state index >= 15 is 0 Å². The third-order valence-electron chi connectivity index (χ3n) is 5.91. The highest BCUT2D eigenvalue weighted by atomic mass is 35.5. The molecule has 0 aromatic carbocycles. The molecule has 0 bridgehead atoms. The Bertz CT molecular complexity index is 307. The van der Waals surface area contributed by atoms with Crippen molar-refractivity contribution < 1.29 is 9.90 Å². The number of halogens is 1. The fourth-order valence-corrected chi connectivity index (χ4v) is 3.97. The average molecular weight is 419 g/mol. The lowest BCUT2D eigenvalue weighted by Crippen LogP contribution is -2.13. The van der Waals surface area contributed by atoms with Gasteiger partial charge >= 0.3 is 5.97 Å². The molecule has 0 rings (SSSR count). The molecule has 0 amide bonds. The van der Waals surface area contributed by atoms with Crippen LogP contribution in [0.3, 0.4) is 0 Å². The normalized spacial score (nSPS) is 11.9. The quantitative estimate of drug-likeness (QED) is 0.178. The first kappa shape index (κ1) is 30.0. The number of carboxylic acids is 1. The molecule has 0 aromatic heterocycles. The van der Waals surface area contributed by atoms with Crippen LogP contribution in [0.15, 0.2) is 0 Å². The van der Waals surface area contributed by atoms with Gasteiger partial charge in [-0.15, -0.1) is 12.4 Å². The van der Waals surface area contributed by atoms with Crippen molar-refractivity contribution in [3.63, 3.8) is 0 Å². The lowest BCUT2D eigenvalue weighted by molar-refractivity contribution is -0.142. The van der Waals surface area contributed by atoms with E-state index < -0.39 is 5.97 Å². The summed E-state index contributed by atoms with van der Waals surface area (Å²) in [5, 5.41) is 9.44. The summed E-state index contributed by atoms with van der Waals surface area (Å²) >= 11 is 0. The molecule has 1 unspecified atom stereocenters. The van der Waals surface area contributed by atoms with Crippen LogP contribution in [-0.2, 0) is 4.79 Å². The van der Waals surface area contributed by atoms with Gasteiger partial charge in [0.2, 0.25) is 0 Å². The fourth-order valence-electron chi connectivity index (χ4n) is 3.97. The van der Waals surface area contributed by atoms with Crippen LogP contribution >= 0.6 is 12.4 Å². The van der Waals surface area contributed by atoms with Crippen molar-refractivity contribution in [2.24, 2.45) is 5.92 Å². The summed E-state index contributed by atoms with van der Waals surface area (Å²) in [6.07, 6.45) is 26.7. The molecule has 0 saturated carbocycles. The Morgan fingerprint density at radius 1 is 0.536 bits per heavy atom. The summed E-state index contributed by atoms with van der Waals surface area (Å²) in [4.78, 5) is 11.5. The molecular weight excluding hydrogens is 368 g/mol. The molecule has 0 aliphatic heterocycles. The SMILES string of the molecule is CCCCCCCCCCCCC(CCCCCCCCCCC)C(=O)O.Cl. The first-order valence-electron chi connectivity index (χ1n) is 12.4. The number of carboxylic acid groups (broad SMARTS) is 1. The second-order valence-corrected chi connectivity index (χ2v) is 8.62. The molecule has 0 spiro atoms. The van der Waals surface area contributed by atoms with Crippen LogP contribution < -0.4 is 0 Å². The highest BCUT2D eigenvalue weighted by molar-refractivity contribution is 5.85. The van der Waals surface area contributed by atoms with Crippen molar-refractivity contribution in [1.82, 2.24) is 0 Å². The lowest BCUT2D eigenvalue weighted by atomic mass is 9.94. The Morgan fingerprint density at radius 3 is 1.04 bits per heavy atom. The minimum atomic E-state index is -0.564. The highest BCUT2D eigenvalue weighted by Gasteiger charge is 2.16. The van der Waals surface area contributed by atoms with E-state index in [1.54, 1.807) is 0 Å². The van der Waals surface area contributed by atoms with Gasteiger partial charge < -0.3 is 5.11 Å². The molecule has 0 saturated heterocycles. The number of hydrogen-bond donors (Lipinski definition) is 1. The highest BCUT2D eigenvalue weighted by Crippen LogP contribution is 2.20. The smallest absolute Gasteiger partial charge is 0.306 e. The largest absolute Gasteiger partial charge is 0.481 e. The Hall–Kier alpha value is -0.240. The Morgan fingerprint density at radius 2 is 0.786 bits per heavy atom. The zero-order chi connectivity index (χ0) is 20.0. The maximum atomic E-state index is 11.5. The summed E-state index contributed by atoms with van der Waals surface area (Å²) in [5.74, 6) is -0.658. The van der Waals surface area contributed by atoms with E-state index in [0.29, 0.717) is 0 Å². The maximum Gasteiger partial charge on any atom is 0.306 e. The second kappa shape index (κ2) is 24.8. The summed E-state index contributed by atoms with van der Waals surface area (Å²) in [7, 11) is 0. The molecule has 2 nitrogen and oxygen atoms in total. The predicted octanol–water partition coefficient (Wildman–Crippen LogP) is 9.34. The van der Waals surface area contributed by atoms with Crippen LogP contribution in [0.1, 0.15) is 149 Å². The minimum Gasteiger partial charge on any atom is -0.481 e. The van der Waals surface area contributed by atoms with Crippen LogP contribution in [0.5, 0.6) is 0 Å². The maximum absolute atomic E-state index is 11.5. The zero-order valence-electron chi connectivity index (χ0n) is 19.2. The van der Waals surface area contributed by atoms with E-state index in [4.69, 9.17) is 0 Å². The first-order valence-corrected chi connectivity index (χ1v) is 12.4. The van der Waals surface area contributed by atoms with Crippen molar-refractivity contribution in [3.8, 4) is 0 Å². The van der Waals surface area contributed by atoms with Crippen molar-refractivity contribution in [2.75, 3.05) is 0 Å². The lowest BCUT2D eigenvalue weighted by Gasteiger charge is -2.12. The fraction of sp³-hybridized carbons (Fsp3) is 0.960. The molecule has 0 heterocycles. The van der Waals surface area contributed by atoms with Crippen molar-refractivity contribution in [1.29, 1.82) is 0 Å². The van der Waals surface area contributed by atoms with Gasteiger partial charge in [0.1, 0.15) is 0 Å². The van der Waals surface area contributed by atoms with Gasteiger partial charge in [-0.3, -0.25) is 4.79 Å². The monoisotopic (exact) mass is 418 g/mol. The summed E-state index contributed by atoms with van der Waals surface area (Å²) < 4.78 is 0. The average Bonchev–Trinajstić information content (AvgIpc) is 2.66. The van der Waals surface area contributed by atoms with Crippen LogP contribution in [0.25, 0.3) is 0 Å². The number of rotatable bonds is 22. The van der Waals surface area contributed by atoms with Gasteiger partial charge in [-0.25, -0.2) is 0 Å². The summed E-state index contributed by atoms with van der Waals surface area (Å²) in [6.45, 7) is 4.52. The Balaban J connectivity index is 0. The van der Waals surface area contributed by atoms with Crippen molar-refractivity contribution in [2.45, 2.75) is 149 Å². The molecule has 170 valence electrons. The van der Waals surface area contributed by atoms with Crippen LogP contribution in [0.2, 0.25) is 0 Å². The first-order chi connectivity index (χ1) is 13.2. The number of unbranched alkanes of at least 4 members (excludes halogenated alkanes) is 17. The Labute approximate surface area is 183 Å². The van der Waals surface area contributed by atoms with Crippen LogP contribution in [0.4, 0.5) is 0 Å². The van der Waals surface area contributed by atoms with E-state index in [0.717, 1.165) is 25.7 Å². The number of carbonyl (C=O) groups is 1. The van der Waals surface area contributed by atoms with Gasteiger partial charge in [0, 0.05) is 0 Å². The molecular formula is C25H51ClO2. The topological polar surface area (TPSA) is 37.3 Å². The minimum absolute atomic E-state index is 0. The van der Waals surface area contributed by atoms with E-state index in [9.17, 15) is 9.90 Å². The molecule has 0 radical (unpaired) electrons. The van der Waals surface area contributed by atoms with E-state index in [1.165, 1.54) is 109 Å². The molecule has 0 aromatic rings. The van der Waals surface area contributed by atoms with Crippen molar-refractivity contribution >= 4 is 18.4 Å². The molecule has 0 aliphatic carbocycles. The number of aliphatic carboxylic acids is 1. The summed E-state index contributed by atoms with van der Waals surface area (Å²) in [5.41, 5.74) is 0. The Kier molecular flexibility index (Phi) is 26.5. The molecule has 1 N–H and O–H groups in total. The molecule has 1 atom stereocenters. The van der Waals surface area contributed by atoms with Crippen LogP contribution in [0, 0.1) is 5.92 Å². The zero-order valence-corrected chi connectivity index (χ0v) is 20.0. The standard InChI is InChI=1S/C25H50O2.ClH/c1-3-5-7-9-11-13-15-17-19-21-23-24(25(26)27)22-20-18-16-14-12-10-8-6-4-2;/h24H,3-23H2,1-2H3,(H,26,27);1H. The van der Waals surface area contributed by atoms with E-state index in [2.05, 4.69) is 13.8 Å². The van der Waals surface area contributed by atoms with E-state index in [-0.39, 0.29) is 18.3 Å². The number of hydrogen-bond acceptors (Lipinski definition) is 1. The summed E-state index contributed by atoms with van der Waals surface area (Å²) in [6, 6.07) is 0. The van der Waals surface area contributed by atoms with Gasteiger partial charge in [0.25, 0.3) is 0 Å². The second-order valence-electron chi connectivity index (χ2n) is 8.62. The molecule has 28 heavy (non-hydrogen) atoms. The van der Waals surface area contributed by atoms with Gasteiger partial charge in [0.05, 0.1) is 5.92 Å². The molecule has 0 aliphatic rings. The molecule has 3 heteroatoms. The predicted molar refractivity (Wildman–Crippen MR) is 127 cm³/mol. The van der Waals surface area contributed by atoms with Gasteiger partial charge in [0.15, 0.2) is 0 Å². The van der Waals surface area contributed by atoms with Crippen molar-refractivity contribution in [3.05, 3.63) is 0 Å². The van der Waals surface area contributed by atoms with Gasteiger partial charge in [-0.2, -0.15) is 0 Å². The van der Waals surface area contributed by atoms with Crippen LogP contribution in [-0.4, -0.2) is 11.1 Å². The third kappa shape index (κ3) is 22.1. The van der Waals surface area contributed by atoms with Gasteiger partial charge in [-0.1, -0.05) is 136 Å². The van der Waals surface area contributed by atoms with E-state index in [1.807, 2.05) is 0 Å². The third-order valence-corrected chi connectivity index (χ3v) is 5.91.